The molecule has 18 heavy (non-hydrogen) atoms. The number of nitrogens with one attached hydrogen (secondary N) is 1. The Morgan fingerprint density at radius 2 is 1.72 bits per heavy atom. The first-order chi connectivity index (χ1) is 8.28. The SMILES string of the molecule is Nc1cc(N)cc(C(=O)NCCCC(F)(F)F)c1. The number of halogens is 3. The van der Waals surface area contributed by atoms with Crippen LogP contribution in [0.15, 0.2) is 18.2 Å². The fourth-order valence-corrected chi connectivity index (χ4v) is 1.40. The molecular weight excluding hydrogens is 247 g/mol. The van der Waals surface area contributed by atoms with E-state index in [9.17, 15) is 18.0 Å². The van der Waals surface area contributed by atoms with Gasteiger partial charge in [0.05, 0.1) is 0 Å². The van der Waals surface area contributed by atoms with E-state index < -0.39 is 18.5 Å². The fourth-order valence-electron chi connectivity index (χ4n) is 1.40. The Morgan fingerprint density at radius 3 is 2.22 bits per heavy atom. The molecular formula is C11H14F3N3O. The number of nitrogen functional groups attached to an aromatic ring is 2. The third kappa shape index (κ3) is 4.94. The number of alkyl halides is 3. The average molecular weight is 261 g/mol. The minimum atomic E-state index is -4.20. The van der Waals surface area contributed by atoms with E-state index in [1.54, 1.807) is 0 Å². The van der Waals surface area contributed by atoms with Gasteiger partial charge in [0, 0.05) is 29.9 Å². The van der Waals surface area contributed by atoms with Gasteiger partial charge in [-0.05, 0) is 24.6 Å². The monoisotopic (exact) mass is 261 g/mol. The molecule has 1 rings (SSSR count). The summed E-state index contributed by atoms with van der Waals surface area (Å²) in [6.07, 6.45) is -5.29. The van der Waals surface area contributed by atoms with Gasteiger partial charge < -0.3 is 16.8 Å². The van der Waals surface area contributed by atoms with Crippen LogP contribution in [0.25, 0.3) is 0 Å². The lowest BCUT2D eigenvalue weighted by Gasteiger charge is -2.08. The molecule has 7 heteroatoms. The summed E-state index contributed by atoms with van der Waals surface area (Å²) in [5.74, 6) is -0.490. The zero-order valence-electron chi connectivity index (χ0n) is 9.55. The van der Waals surface area contributed by atoms with Gasteiger partial charge in [0.2, 0.25) is 0 Å². The van der Waals surface area contributed by atoms with E-state index >= 15 is 0 Å². The molecule has 0 aromatic heterocycles. The number of rotatable bonds is 4. The Labute approximate surface area is 102 Å². The van der Waals surface area contributed by atoms with Crippen LogP contribution in [0.1, 0.15) is 23.2 Å². The summed E-state index contributed by atoms with van der Waals surface area (Å²) in [4.78, 5) is 11.6. The number of carbonyl (C=O) groups is 1. The van der Waals surface area contributed by atoms with Gasteiger partial charge in [0.15, 0.2) is 0 Å². The molecule has 0 radical (unpaired) electrons. The van der Waals surface area contributed by atoms with Crippen molar-refractivity contribution in [1.82, 2.24) is 5.32 Å². The van der Waals surface area contributed by atoms with Crippen molar-refractivity contribution in [1.29, 1.82) is 0 Å². The third-order valence-electron chi connectivity index (χ3n) is 2.16. The minimum Gasteiger partial charge on any atom is -0.399 e. The van der Waals surface area contributed by atoms with Crippen molar-refractivity contribution < 1.29 is 18.0 Å². The molecule has 0 fully saturated rings. The quantitative estimate of drug-likeness (QED) is 0.572. The molecule has 0 atom stereocenters. The molecule has 0 aliphatic carbocycles. The number of benzene rings is 1. The average Bonchev–Trinajstić information content (AvgIpc) is 2.21. The summed E-state index contributed by atoms with van der Waals surface area (Å²) in [5.41, 5.74) is 11.9. The van der Waals surface area contributed by atoms with Gasteiger partial charge in [-0.25, -0.2) is 0 Å². The first-order valence-electron chi connectivity index (χ1n) is 5.29. The lowest BCUT2D eigenvalue weighted by atomic mass is 10.1. The van der Waals surface area contributed by atoms with Crippen LogP contribution in [-0.2, 0) is 0 Å². The Kier molecular flexibility index (Phi) is 4.41. The second-order valence-electron chi connectivity index (χ2n) is 3.86. The highest BCUT2D eigenvalue weighted by molar-refractivity contribution is 5.96. The maximum absolute atomic E-state index is 11.9. The van der Waals surface area contributed by atoms with Gasteiger partial charge in [-0.15, -0.1) is 0 Å². The molecule has 4 nitrogen and oxygen atoms in total. The minimum absolute atomic E-state index is 0.0486. The summed E-state index contributed by atoms with van der Waals surface area (Å²) in [6.45, 7) is -0.0486. The maximum atomic E-state index is 11.9. The number of hydrogen-bond donors (Lipinski definition) is 3. The highest BCUT2D eigenvalue weighted by atomic mass is 19.4. The summed E-state index contributed by atoms with van der Waals surface area (Å²) >= 11 is 0. The first kappa shape index (κ1) is 14.1. The van der Waals surface area contributed by atoms with Crippen molar-refractivity contribution in [2.45, 2.75) is 19.0 Å². The number of anilines is 2. The molecule has 0 unspecified atom stereocenters. The predicted molar refractivity (Wildman–Crippen MR) is 62.9 cm³/mol. The normalized spacial score (nSPS) is 11.3. The van der Waals surface area contributed by atoms with Crippen molar-refractivity contribution in [3.05, 3.63) is 23.8 Å². The summed E-state index contributed by atoms with van der Waals surface area (Å²) in [6, 6.07) is 4.31. The van der Waals surface area contributed by atoms with Crippen LogP contribution in [0, 0.1) is 0 Å². The summed E-state index contributed by atoms with van der Waals surface area (Å²) in [5, 5.41) is 2.38. The topological polar surface area (TPSA) is 81.1 Å². The molecule has 0 saturated carbocycles. The van der Waals surface area contributed by atoms with E-state index in [-0.39, 0.29) is 18.5 Å². The Bertz CT molecular complexity index is 412. The molecule has 0 aliphatic heterocycles. The lowest BCUT2D eigenvalue weighted by molar-refractivity contribution is -0.135. The number of carbonyl (C=O) groups excluding carboxylic acids is 1. The molecule has 100 valence electrons. The second-order valence-corrected chi connectivity index (χ2v) is 3.86. The zero-order valence-corrected chi connectivity index (χ0v) is 9.55. The number of nitrogens with two attached hydrogens (primary N) is 2. The highest BCUT2D eigenvalue weighted by Crippen LogP contribution is 2.20. The summed E-state index contributed by atoms with van der Waals surface area (Å²) < 4.78 is 35.6. The van der Waals surface area contributed by atoms with Crippen LogP contribution in [0.4, 0.5) is 24.5 Å². The van der Waals surface area contributed by atoms with Crippen molar-refractivity contribution in [3.8, 4) is 0 Å². The molecule has 0 bridgehead atoms. The largest absolute Gasteiger partial charge is 0.399 e. The third-order valence-corrected chi connectivity index (χ3v) is 2.16. The van der Waals surface area contributed by atoms with Gasteiger partial charge in [0.25, 0.3) is 5.91 Å². The zero-order chi connectivity index (χ0) is 13.8. The highest BCUT2D eigenvalue weighted by Gasteiger charge is 2.25. The molecule has 0 spiro atoms. The molecule has 1 aromatic rings. The molecule has 1 aromatic carbocycles. The van der Waals surface area contributed by atoms with E-state index in [0.29, 0.717) is 11.4 Å². The fraction of sp³-hybridized carbons (Fsp3) is 0.364. The Morgan fingerprint density at radius 1 is 1.17 bits per heavy atom. The van der Waals surface area contributed by atoms with Crippen molar-refractivity contribution >= 4 is 17.3 Å². The van der Waals surface area contributed by atoms with E-state index in [1.165, 1.54) is 18.2 Å². The summed E-state index contributed by atoms with van der Waals surface area (Å²) in [7, 11) is 0. The second kappa shape index (κ2) is 5.61. The van der Waals surface area contributed by atoms with Crippen LogP contribution < -0.4 is 16.8 Å². The van der Waals surface area contributed by atoms with Crippen LogP contribution in [-0.4, -0.2) is 18.6 Å². The standard InChI is InChI=1S/C11H14F3N3O/c12-11(13,14)2-1-3-17-10(18)7-4-8(15)6-9(16)5-7/h4-6H,1-3,15-16H2,(H,17,18). The van der Waals surface area contributed by atoms with E-state index in [4.69, 9.17) is 11.5 Å². The number of hydrogen-bond acceptors (Lipinski definition) is 3. The maximum Gasteiger partial charge on any atom is 0.389 e. The molecule has 0 aliphatic rings. The van der Waals surface area contributed by atoms with Gasteiger partial charge >= 0.3 is 6.18 Å². The first-order valence-corrected chi connectivity index (χ1v) is 5.29. The van der Waals surface area contributed by atoms with Crippen molar-refractivity contribution in [3.63, 3.8) is 0 Å². The van der Waals surface area contributed by atoms with Crippen molar-refractivity contribution in [2.24, 2.45) is 0 Å². The predicted octanol–water partition coefficient (Wildman–Crippen LogP) is 1.92. The lowest BCUT2D eigenvalue weighted by Crippen LogP contribution is -2.25. The van der Waals surface area contributed by atoms with Crippen LogP contribution in [0.3, 0.4) is 0 Å². The van der Waals surface area contributed by atoms with Crippen LogP contribution >= 0.6 is 0 Å². The number of amides is 1. The van der Waals surface area contributed by atoms with Crippen molar-refractivity contribution in [2.75, 3.05) is 18.0 Å². The molecule has 1 amide bonds. The van der Waals surface area contributed by atoms with E-state index in [1.807, 2.05) is 0 Å². The molecule has 5 N–H and O–H groups in total. The Balaban J connectivity index is 2.46. The smallest absolute Gasteiger partial charge is 0.389 e. The van der Waals surface area contributed by atoms with Crippen LogP contribution in [0.2, 0.25) is 0 Å². The Hall–Kier alpha value is -1.92. The van der Waals surface area contributed by atoms with Gasteiger partial charge in [-0.3, -0.25) is 4.79 Å². The van der Waals surface area contributed by atoms with E-state index in [0.717, 1.165) is 0 Å². The van der Waals surface area contributed by atoms with E-state index in [2.05, 4.69) is 5.32 Å². The molecule has 0 saturated heterocycles. The van der Waals surface area contributed by atoms with Crippen LogP contribution in [0.5, 0.6) is 0 Å². The van der Waals surface area contributed by atoms with Gasteiger partial charge in [0.1, 0.15) is 0 Å². The van der Waals surface area contributed by atoms with Gasteiger partial charge in [-0.2, -0.15) is 13.2 Å². The van der Waals surface area contributed by atoms with Gasteiger partial charge in [-0.1, -0.05) is 0 Å². The molecule has 0 heterocycles.